The SMILES string of the molecule is O=C1Oc2ccccc2CC1S(=O)(=O)Cl. The molecule has 0 spiro atoms. The number of rotatable bonds is 1. The smallest absolute Gasteiger partial charge is 0.331 e. The summed E-state index contributed by atoms with van der Waals surface area (Å²) >= 11 is 0. The molecule has 0 aromatic heterocycles. The number of carbonyl (C=O) groups is 1. The molecule has 1 atom stereocenters. The van der Waals surface area contributed by atoms with Crippen LogP contribution < -0.4 is 4.74 Å². The molecule has 0 N–H and O–H groups in total. The Bertz CT molecular complexity index is 509. The molecule has 4 nitrogen and oxygen atoms in total. The van der Waals surface area contributed by atoms with Gasteiger partial charge in [0, 0.05) is 17.1 Å². The van der Waals surface area contributed by atoms with E-state index >= 15 is 0 Å². The van der Waals surface area contributed by atoms with E-state index < -0.39 is 20.3 Å². The van der Waals surface area contributed by atoms with E-state index in [2.05, 4.69) is 0 Å². The molecule has 6 heteroatoms. The van der Waals surface area contributed by atoms with Gasteiger partial charge in [-0.2, -0.15) is 0 Å². The van der Waals surface area contributed by atoms with Crippen molar-refractivity contribution in [3.05, 3.63) is 29.8 Å². The highest BCUT2D eigenvalue weighted by Crippen LogP contribution is 2.28. The van der Waals surface area contributed by atoms with Gasteiger partial charge in [0.15, 0.2) is 5.25 Å². The molecule has 0 fully saturated rings. The lowest BCUT2D eigenvalue weighted by molar-refractivity contribution is -0.134. The minimum Gasteiger partial charge on any atom is -0.425 e. The second kappa shape index (κ2) is 3.50. The van der Waals surface area contributed by atoms with Gasteiger partial charge in [-0.05, 0) is 11.6 Å². The molecule has 1 aliphatic rings. The summed E-state index contributed by atoms with van der Waals surface area (Å²) in [5.41, 5.74) is 0.673. The van der Waals surface area contributed by atoms with Gasteiger partial charge in [0.2, 0.25) is 9.05 Å². The van der Waals surface area contributed by atoms with Gasteiger partial charge < -0.3 is 4.74 Å². The number of fused-ring (bicyclic) bond motifs is 1. The Morgan fingerprint density at radius 1 is 1.33 bits per heavy atom. The summed E-state index contributed by atoms with van der Waals surface area (Å²) in [6.45, 7) is 0. The van der Waals surface area contributed by atoms with Gasteiger partial charge in [-0.1, -0.05) is 18.2 Å². The zero-order valence-corrected chi connectivity index (χ0v) is 9.09. The molecule has 0 aliphatic carbocycles. The highest BCUT2D eigenvalue weighted by molar-refractivity contribution is 8.14. The molecule has 1 heterocycles. The van der Waals surface area contributed by atoms with Crippen molar-refractivity contribution in [2.45, 2.75) is 11.7 Å². The summed E-state index contributed by atoms with van der Waals surface area (Å²) in [4.78, 5) is 11.3. The lowest BCUT2D eigenvalue weighted by Gasteiger charge is -2.20. The third-order valence-corrected chi connectivity index (χ3v) is 3.88. The zero-order chi connectivity index (χ0) is 11.1. The molecule has 0 saturated heterocycles. The molecule has 1 aliphatic heterocycles. The standard InChI is InChI=1S/C9H7ClO4S/c10-15(12,13)8-5-6-3-1-2-4-7(6)14-9(8)11/h1-4,8H,5H2. The minimum absolute atomic E-state index is 0.0703. The van der Waals surface area contributed by atoms with Gasteiger partial charge >= 0.3 is 5.97 Å². The Labute approximate surface area is 91.2 Å². The van der Waals surface area contributed by atoms with Crippen molar-refractivity contribution in [2.24, 2.45) is 0 Å². The maximum atomic E-state index is 11.3. The van der Waals surface area contributed by atoms with Crippen LogP contribution in [0, 0.1) is 0 Å². The average Bonchev–Trinajstić information content (AvgIpc) is 2.15. The quantitative estimate of drug-likeness (QED) is 0.423. The fourth-order valence-corrected chi connectivity index (χ4v) is 2.51. The molecule has 80 valence electrons. The van der Waals surface area contributed by atoms with Gasteiger partial charge in [0.1, 0.15) is 5.75 Å². The molecular weight excluding hydrogens is 240 g/mol. The van der Waals surface area contributed by atoms with E-state index in [0.717, 1.165) is 0 Å². The summed E-state index contributed by atoms with van der Waals surface area (Å²) in [5.74, 6) is -0.414. The number of hydrogen-bond donors (Lipinski definition) is 0. The van der Waals surface area contributed by atoms with Crippen molar-refractivity contribution in [1.82, 2.24) is 0 Å². The molecule has 1 aromatic carbocycles. The van der Waals surface area contributed by atoms with Crippen LogP contribution in [-0.4, -0.2) is 19.6 Å². The van der Waals surface area contributed by atoms with Crippen LogP contribution in [-0.2, 0) is 20.3 Å². The highest BCUT2D eigenvalue weighted by atomic mass is 35.7. The van der Waals surface area contributed by atoms with Gasteiger partial charge in [0.25, 0.3) is 0 Å². The first-order chi connectivity index (χ1) is 6.98. The third kappa shape index (κ3) is 1.98. The molecule has 1 unspecified atom stereocenters. The number of halogens is 1. The Kier molecular flexibility index (Phi) is 2.44. The molecule has 0 amide bonds. The molecule has 0 bridgehead atoms. The monoisotopic (exact) mass is 246 g/mol. The van der Waals surface area contributed by atoms with E-state index in [0.29, 0.717) is 11.3 Å². The van der Waals surface area contributed by atoms with Crippen LogP contribution in [0.3, 0.4) is 0 Å². The number of para-hydroxylation sites is 1. The van der Waals surface area contributed by atoms with E-state index in [1.54, 1.807) is 24.3 Å². The van der Waals surface area contributed by atoms with E-state index in [1.807, 2.05) is 0 Å². The zero-order valence-electron chi connectivity index (χ0n) is 7.51. The molecule has 0 saturated carbocycles. The molecule has 15 heavy (non-hydrogen) atoms. The minimum atomic E-state index is -3.92. The van der Waals surface area contributed by atoms with E-state index in [1.165, 1.54) is 0 Å². The topological polar surface area (TPSA) is 60.4 Å². The first-order valence-electron chi connectivity index (χ1n) is 4.21. The van der Waals surface area contributed by atoms with Gasteiger partial charge in [-0.25, -0.2) is 8.42 Å². The van der Waals surface area contributed by atoms with Crippen molar-refractivity contribution in [3.63, 3.8) is 0 Å². The van der Waals surface area contributed by atoms with Crippen LogP contribution >= 0.6 is 10.7 Å². The van der Waals surface area contributed by atoms with E-state index in [9.17, 15) is 13.2 Å². The number of hydrogen-bond acceptors (Lipinski definition) is 4. The van der Waals surface area contributed by atoms with Crippen molar-refractivity contribution >= 4 is 25.7 Å². The van der Waals surface area contributed by atoms with Crippen LogP contribution in [0.4, 0.5) is 0 Å². The molecule has 2 rings (SSSR count). The number of esters is 1. The maximum absolute atomic E-state index is 11.3. The summed E-state index contributed by atoms with van der Waals surface area (Å²) in [6, 6.07) is 6.78. The Morgan fingerprint density at radius 3 is 2.67 bits per heavy atom. The third-order valence-electron chi connectivity index (χ3n) is 2.19. The first kappa shape index (κ1) is 10.4. The molecule has 1 aromatic rings. The van der Waals surface area contributed by atoms with Gasteiger partial charge in [-0.15, -0.1) is 0 Å². The number of benzene rings is 1. The van der Waals surface area contributed by atoms with Crippen LogP contribution in [0.15, 0.2) is 24.3 Å². The number of carbonyl (C=O) groups excluding carboxylic acids is 1. The molecular formula is C9H7ClO4S. The van der Waals surface area contributed by atoms with Crippen LogP contribution in [0.1, 0.15) is 5.56 Å². The van der Waals surface area contributed by atoms with Crippen molar-refractivity contribution in [3.8, 4) is 5.75 Å². The normalized spacial score (nSPS) is 20.6. The lowest BCUT2D eigenvalue weighted by Crippen LogP contribution is -2.36. The Hall–Kier alpha value is -1.07. The number of ether oxygens (including phenoxy) is 1. The maximum Gasteiger partial charge on any atom is 0.331 e. The fourth-order valence-electron chi connectivity index (χ4n) is 1.44. The predicted molar refractivity (Wildman–Crippen MR) is 54.3 cm³/mol. The second-order valence-corrected chi connectivity index (χ2v) is 6.01. The van der Waals surface area contributed by atoms with Crippen LogP contribution in [0.5, 0.6) is 5.75 Å². The van der Waals surface area contributed by atoms with Gasteiger partial charge in [-0.3, -0.25) is 4.79 Å². The Morgan fingerprint density at radius 2 is 2.00 bits per heavy atom. The van der Waals surface area contributed by atoms with Crippen LogP contribution in [0.2, 0.25) is 0 Å². The van der Waals surface area contributed by atoms with Crippen molar-refractivity contribution < 1.29 is 17.9 Å². The largest absolute Gasteiger partial charge is 0.425 e. The summed E-state index contributed by atoms with van der Waals surface area (Å²) in [5, 5.41) is -1.30. The summed E-state index contributed by atoms with van der Waals surface area (Å²) in [7, 11) is 1.22. The fraction of sp³-hybridized carbons (Fsp3) is 0.222. The van der Waals surface area contributed by atoms with E-state index in [-0.39, 0.29) is 6.42 Å². The van der Waals surface area contributed by atoms with Crippen molar-refractivity contribution in [2.75, 3.05) is 0 Å². The molecule has 0 radical (unpaired) electrons. The van der Waals surface area contributed by atoms with Crippen LogP contribution in [0.25, 0.3) is 0 Å². The summed E-state index contributed by atoms with van der Waals surface area (Å²) < 4.78 is 27.0. The van der Waals surface area contributed by atoms with E-state index in [4.69, 9.17) is 15.4 Å². The second-order valence-electron chi connectivity index (χ2n) is 3.20. The average molecular weight is 247 g/mol. The highest BCUT2D eigenvalue weighted by Gasteiger charge is 2.37. The summed E-state index contributed by atoms with van der Waals surface area (Å²) in [6.07, 6.45) is 0.0703. The predicted octanol–water partition coefficient (Wildman–Crippen LogP) is 1.09. The Balaban J connectivity index is 2.43. The first-order valence-corrected chi connectivity index (χ1v) is 6.59. The van der Waals surface area contributed by atoms with Gasteiger partial charge in [0.05, 0.1) is 0 Å². The lowest BCUT2D eigenvalue weighted by atomic mass is 10.1. The van der Waals surface area contributed by atoms with Crippen molar-refractivity contribution in [1.29, 1.82) is 0 Å².